The van der Waals surface area contributed by atoms with Crippen molar-refractivity contribution in [1.82, 2.24) is 10.6 Å². The molecule has 1 heterocycles. The summed E-state index contributed by atoms with van der Waals surface area (Å²) in [5.74, 6) is -1.45. The van der Waals surface area contributed by atoms with Gasteiger partial charge in [-0.25, -0.2) is 9.38 Å². The first-order valence-electron chi connectivity index (χ1n) is 8.99. The van der Waals surface area contributed by atoms with Gasteiger partial charge in [0.2, 0.25) is 11.8 Å². The molecule has 0 bridgehead atoms. The van der Waals surface area contributed by atoms with Crippen molar-refractivity contribution in [2.45, 2.75) is 19.1 Å². The zero-order valence-electron chi connectivity index (χ0n) is 15.7. The molecule has 0 spiro atoms. The largest absolute Gasteiger partial charge is 0.472 e. The molecule has 3 N–H and O–H groups in total. The number of aliphatic hydroxyl groups is 1. The van der Waals surface area contributed by atoms with Crippen molar-refractivity contribution >= 4 is 23.4 Å². The summed E-state index contributed by atoms with van der Waals surface area (Å²) in [6.45, 7) is 6.59. The molecule has 1 aliphatic rings. The molecule has 1 fully saturated rings. The number of aliphatic imine (C=N–C) groups is 1. The lowest BCUT2D eigenvalue weighted by Crippen LogP contribution is -2.40. The fourth-order valence-electron chi connectivity index (χ4n) is 2.75. The van der Waals surface area contributed by atoms with Gasteiger partial charge in [-0.2, -0.15) is 0 Å². The molecule has 1 aliphatic heterocycles. The van der Waals surface area contributed by atoms with Crippen molar-refractivity contribution in [3.8, 4) is 0 Å². The van der Waals surface area contributed by atoms with Crippen LogP contribution < -0.4 is 10.6 Å². The topological polar surface area (TPSA) is 92.2 Å². The van der Waals surface area contributed by atoms with E-state index in [0.717, 1.165) is 0 Å². The number of ether oxygens (including phenoxy) is 2. The highest BCUT2D eigenvalue weighted by molar-refractivity contribution is 6.30. The summed E-state index contributed by atoms with van der Waals surface area (Å²) in [5.41, 5.74) is 0.575. The van der Waals surface area contributed by atoms with Gasteiger partial charge in [0.05, 0.1) is 18.2 Å². The van der Waals surface area contributed by atoms with Crippen LogP contribution in [0.25, 0.3) is 0 Å². The molecule has 1 saturated heterocycles. The summed E-state index contributed by atoms with van der Waals surface area (Å²) in [4.78, 5) is 16.3. The second-order valence-corrected chi connectivity index (χ2v) is 6.62. The van der Waals surface area contributed by atoms with Crippen molar-refractivity contribution in [3.63, 3.8) is 0 Å². The Balaban J connectivity index is 2.23. The summed E-state index contributed by atoms with van der Waals surface area (Å²) in [6.07, 6.45) is 0.145. The van der Waals surface area contributed by atoms with E-state index in [1.807, 2.05) is 0 Å². The summed E-state index contributed by atoms with van der Waals surface area (Å²) in [5, 5.41) is 14.7. The molecule has 1 amide bonds. The first-order valence-corrected chi connectivity index (χ1v) is 9.36. The molecule has 7 nitrogen and oxygen atoms in total. The van der Waals surface area contributed by atoms with Crippen LogP contribution in [0.4, 0.5) is 4.39 Å². The first kappa shape index (κ1) is 22.3. The Bertz CT molecular complexity index is 716. The molecule has 9 heteroatoms. The Morgan fingerprint density at radius 3 is 3.11 bits per heavy atom. The van der Waals surface area contributed by atoms with Crippen molar-refractivity contribution in [3.05, 3.63) is 47.4 Å². The molecule has 0 aromatic heterocycles. The lowest BCUT2D eigenvalue weighted by Gasteiger charge is -2.28. The SMILES string of the molecule is C=CN=C(OC1CNCCOC1c1ccc(Cl)c(F)c1)C(C)C(=O)NCCO. The molecular weight excluding hydrogens is 389 g/mol. The van der Waals surface area contributed by atoms with Crippen LogP contribution in [-0.4, -0.2) is 55.9 Å². The van der Waals surface area contributed by atoms with E-state index >= 15 is 0 Å². The normalized spacial score (nSPS) is 21.5. The minimum absolute atomic E-state index is 0.0241. The second kappa shape index (κ2) is 11.1. The molecule has 1 aromatic rings. The van der Waals surface area contributed by atoms with E-state index in [9.17, 15) is 9.18 Å². The third-order valence-electron chi connectivity index (χ3n) is 4.20. The van der Waals surface area contributed by atoms with E-state index in [4.69, 9.17) is 26.2 Å². The minimum Gasteiger partial charge on any atom is -0.472 e. The third kappa shape index (κ3) is 6.00. The van der Waals surface area contributed by atoms with Crippen LogP contribution in [0.5, 0.6) is 0 Å². The van der Waals surface area contributed by atoms with Gasteiger partial charge in [-0.3, -0.25) is 4.79 Å². The van der Waals surface area contributed by atoms with Gasteiger partial charge in [-0.1, -0.05) is 24.2 Å². The van der Waals surface area contributed by atoms with Crippen LogP contribution in [0.3, 0.4) is 0 Å². The number of aliphatic hydroxyl groups excluding tert-OH is 1. The van der Waals surface area contributed by atoms with E-state index in [-0.39, 0.29) is 30.0 Å². The molecular formula is C19H25ClFN3O4. The van der Waals surface area contributed by atoms with Crippen molar-refractivity contribution < 1.29 is 23.8 Å². The maximum Gasteiger partial charge on any atom is 0.232 e. The molecule has 154 valence electrons. The number of carbonyl (C=O) groups excluding carboxylic acids is 1. The predicted octanol–water partition coefficient (Wildman–Crippen LogP) is 1.81. The second-order valence-electron chi connectivity index (χ2n) is 6.21. The average molecular weight is 414 g/mol. The number of benzene rings is 1. The van der Waals surface area contributed by atoms with Crippen LogP contribution in [0.15, 0.2) is 36.0 Å². The number of nitrogens with zero attached hydrogens (tertiary/aromatic N) is 1. The number of carbonyl (C=O) groups is 1. The molecule has 28 heavy (non-hydrogen) atoms. The van der Waals surface area contributed by atoms with Crippen molar-refractivity contribution in [2.24, 2.45) is 10.9 Å². The van der Waals surface area contributed by atoms with Gasteiger partial charge in [-0.05, 0) is 24.6 Å². The van der Waals surface area contributed by atoms with E-state index in [2.05, 4.69) is 22.2 Å². The standard InChI is InChI=1S/C19H25ClFN3O4/c1-3-23-19(12(2)18(26)24-6-8-25)28-16-11-22-7-9-27-17(16)13-4-5-14(20)15(21)10-13/h3-5,10,12,16-17,22,25H,1,6-9,11H2,2H3,(H,24,26). The van der Waals surface area contributed by atoms with E-state index < -0.39 is 23.9 Å². The highest BCUT2D eigenvalue weighted by Crippen LogP contribution is 2.28. The quantitative estimate of drug-likeness (QED) is 0.468. The number of amides is 1. The van der Waals surface area contributed by atoms with Crippen LogP contribution in [0.2, 0.25) is 5.02 Å². The first-order chi connectivity index (χ1) is 13.5. The molecule has 0 saturated carbocycles. The van der Waals surface area contributed by atoms with Gasteiger partial charge in [0.15, 0.2) is 0 Å². The third-order valence-corrected chi connectivity index (χ3v) is 4.50. The highest BCUT2D eigenvalue weighted by Gasteiger charge is 2.32. The smallest absolute Gasteiger partial charge is 0.232 e. The van der Waals surface area contributed by atoms with E-state index in [0.29, 0.717) is 25.3 Å². The zero-order chi connectivity index (χ0) is 20.5. The fraction of sp³-hybridized carbons (Fsp3) is 0.474. The lowest BCUT2D eigenvalue weighted by atomic mass is 10.0. The monoisotopic (exact) mass is 413 g/mol. The number of halogens is 2. The molecule has 2 rings (SSSR count). The molecule has 3 unspecified atom stereocenters. The van der Waals surface area contributed by atoms with Crippen LogP contribution in [0, 0.1) is 11.7 Å². The van der Waals surface area contributed by atoms with Gasteiger partial charge in [0.25, 0.3) is 0 Å². The summed E-state index contributed by atoms with van der Waals surface area (Å²) in [6, 6.07) is 4.46. The Morgan fingerprint density at radius 2 is 2.43 bits per heavy atom. The molecule has 0 aliphatic carbocycles. The van der Waals surface area contributed by atoms with Crippen molar-refractivity contribution in [1.29, 1.82) is 0 Å². The van der Waals surface area contributed by atoms with Gasteiger partial charge < -0.3 is 25.2 Å². The summed E-state index contributed by atoms with van der Waals surface area (Å²) < 4.78 is 25.8. The number of rotatable bonds is 7. The lowest BCUT2D eigenvalue weighted by molar-refractivity contribution is -0.123. The van der Waals surface area contributed by atoms with Crippen LogP contribution in [-0.2, 0) is 14.3 Å². The van der Waals surface area contributed by atoms with Crippen LogP contribution in [0.1, 0.15) is 18.6 Å². The maximum atomic E-state index is 13.9. The zero-order valence-corrected chi connectivity index (χ0v) is 16.4. The van der Waals surface area contributed by atoms with Gasteiger partial charge in [-0.15, -0.1) is 0 Å². The summed E-state index contributed by atoms with van der Waals surface area (Å²) in [7, 11) is 0. The molecule has 1 aromatic carbocycles. The Morgan fingerprint density at radius 1 is 1.64 bits per heavy atom. The summed E-state index contributed by atoms with van der Waals surface area (Å²) >= 11 is 5.78. The van der Waals surface area contributed by atoms with E-state index in [1.165, 1.54) is 18.3 Å². The van der Waals surface area contributed by atoms with Gasteiger partial charge >= 0.3 is 0 Å². The van der Waals surface area contributed by atoms with Crippen LogP contribution >= 0.6 is 11.6 Å². The number of hydrogen-bond donors (Lipinski definition) is 3. The Labute approximate surface area is 168 Å². The molecule has 3 atom stereocenters. The minimum atomic E-state index is -0.713. The maximum absolute atomic E-state index is 13.9. The van der Waals surface area contributed by atoms with E-state index in [1.54, 1.807) is 13.0 Å². The Kier molecular flexibility index (Phi) is 8.85. The molecule has 0 radical (unpaired) electrons. The van der Waals surface area contributed by atoms with Crippen molar-refractivity contribution in [2.75, 3.05) is 32.8 Å². The number of nitrogens with one attached hydrogen (secondary N) is 2. The van der Waals surface area contributed by atoms with Gasteiger partial charge in [0, 0.05) is 25.8 Å². The average Bonchev–Trinajstić information content (AvgIpc) is 2.92. The number of hydrogen-bond acceptors (Lipinski definition) is 6. The van der Waals surface area contributed by atoms with Gasteiger partial charge in [0.1, 0.15) is 23.9 Å². The fourth-order valence-corrected chi connectivity index (χ4v) is 2.87. The Hall–Kier alpha value is -2.00. The highest BCUT2D eigenvalue weighted by atomic mass is 35.5. The predicted molar refractivity (Wildman–Crippen MR) is 105 cm³/mol.